The highest BCUT2D eigenvalue weighted by Gasteiger charge is 2.27. The van der Waals surface area contributed by atoms with Gasteiger partial charge in [0, 0.05) is 5.56 Å². The fourth-order valence-corrected chi connectivity index (χ4v) is 1.20. The Morgan fingerprint density at radius 1 is 1.40 bits per heavy atom. The highest BCUT2D eigenvalue weighted by molar-refractivity contribution is 5.94. The molecule has 20 heavy (non-hydrogen) atoms. The van der Waals surface area contributed by atoms with Crippen molar-refractivity contribution in [3.8, 4) is 5.75 Å². The summed E-state index contributed by atoms with van der Waals surface area (Å²) >= 11 is 0. The molecule has 1 aromatic carbocycles. The number of hydrogen-bond acceptors (Lipinski definition) is 3. The van der Waals surface area contributed by atoms with Crippen LogP contribution in [-0.4, -0.2) is 31.5 Å². The lowest BCUT2D eigenvalue weighted by Crippen LogP contribution is -2.41. The molecule has 0 aliphatic heterocycles. The Balaban J connectivity index is 0.00000361. The van der Waals surface area contributed by atoms with E-state index in [4.69, 9.17) is 5.73 Å². The Morgan fingerprint density at radius 3 is 2.60 bits per heavy atom. The number of rotatable bonds is 6. The van der Waals surface area contributed by atoms with Crippen LogP contribution in [0.5, 0.6) is 5.75 Å². The Bertz CT molecular complexity index is 446. The van der Waals surface area contributed by atoms with Crippen LogP contribution in [0, 0.1) is 0 Å². The van der Waals surface area contributed by atoms with E-state index in [9.17, 15) is 22.4 Å². The van der Waals surface area contributed by atoms with Crippen LogP contribution in [0.15, 0.2) is 24.3 Å². The van der Waals surface area contributed by atoms with Gasteiger partial charge in [0.2, 0.25) is 0 Å². The second kappa shape index (κ2) is 7.91. The third-order valence-corrected chi connectivity index (χ3v) is 2.13. The number of carbonyl (C=O) groups excluding carboxylic acids is 1. The highest BCUT2D eigenvalue weighted by atomic mass is 35.5. The summed E-state index contributed by atoms with van der Waals surface area (Å²) in [5, 5.41) is 1.96. The normalized spacial score (nSPS) is 10.9. The lowest BCUT2D eigenvalue weighted by atomic mass is 10.2. The molecule has 0 bridgehead atoms. The minimum absolute atomic E-state index is 0. The minimum Gasteiger partial charge on any atom is -0.435 e. The van der Waals surface area contributed by atoms with Crippen molar-refractivity contribution < 1.29 is 27.1 Å². The van der Waals surface area contributed by atoms with Crippen molar-refractivity contribution >= 4 is 18.3 Å². The number of alkyl halides is 4. The standard InChI is InChI=1S/C11H12F4N2O2.ClH/c12-10(13)19-8-3-1-2-7(4-8)9(18)17-6-11(14,15)5-16;/h1-4,10H,5-6,16H2,(H,17,18);1H. The number of amides is 1. The monoisotopic (exact) mass is 316 g/mol. The number of carbonyl (C=O) groups is 1. The van der Waals surface area contributed by atoms with Gasteiger partial charge < -0.3 is 15.8 Å². The zero-order valence-electron chi connectivity index (χ0n) is 10.1. The third-order valence-electron chi connectivity index (χ3n) is 2.13. The van der Waals surface area contributed by atoms with E-state index in [2.05, 4.69) is 4.74 Å². The number of halogens is 5. The summed E-state index contributed by atoms with van der Waals surface area (Å²) in [7, 11) is 0. The first-order valence-electron chi connectivity index (χ1n) is 5.25. The van der Waals surface area contributed by atoms with Crippen LogP contribution in [0.2, 0.25) is 0 Å². The first-order valence-corrected chi connectivity index (χ1v) is 5.25. The molecule has 4 nitrogen and oxygen atoms in total. The number of benzene rings is 1. The molecule has 0 fully saturated rings. The van der Waals surface area contributed by atoms with Gasteiger partial charge in [0.25, 0.3) is 11.8 Å². The molecule has 1 amide bonds. The predicted molar refractivity (Wildman–Crippen MR) is 66.7 cm³/mol. The fraction of sp³-hybridized carbons (Fsp3) is 0.364. The van der Waals surface area contributed by atoms with E-state index in [-0.39, 0.29) is 23.7 Å². The Kier molecular flexibility index (Phi) is 7.30. The lowest BCUT2D eigenvalue weighted by Gasteiger charge is -2.14. The SMILES string of the molecule is Cl.NCC(F)(F)CNC(=O)c1cccc(OC(F)F)c1. The molecular formula is C11H13ClF4N2O2. The quantitative estimate of drug-likeness (QED) is 0.789. The van der Waals surface area contributed by atoms with Crippen LogP contribution >= 0.6 is 12.4 Å². The van der Waals surface area contributed by atoms with Gasteiger partial charge >= 0.3 is 6.61 Å². The maximum absolute atomic E-state index is 12.8. The first kappa shape index (κ1) is 18.5. The second-order valence-corrected chi connectivity index (χ2v) is 3.65. The maximum Gasteiger partial charge on any atom is 0.387 e. The van der Waals surface area contributed by atoms with Gasteiger partial charge in [-0.2, -0.15) is 8.78 Å². The van der Waals surface area contributed by atoms with Gasteiger partial charge in [-0.3, -0.25) is 4.79 Å². The van der Waals surface area contributed by atoms with Crippen molar-refractivity contribution in [1.29, 1.82) is 0 Å². The molecule has 0 aromatic heterocycles. The number of nitrogens with one attached hydrogen (secondary N) is 1. The smallest absolute Gasteiger partial charge is 0.387 e. The van der Waals surface area contributed by atoms with Crippen molar-refractivity contribution in [3.05, 3.63) is 29.8 Å². The molecule has 114 valence electrons. The van der Waals surface area contributed by atoms with Crippen LogP contribution < -0.4 is 15.8 Å². The highest BCUT2D eigenvalue weighted by Crippen LogP contribution is 2.16. The molecule has 9 heteroatoms. The maximum atomic E-state index is 12.8. The van der Waals surface area contributed by atoms with E-state index in [1.807, 2.05) is 5.32 Å². The molecule has 0 heterocycles. The molecule has 0 saturated carbocycles. The van der Waals surface area contributed by atoms with Crippen molar-refractivity contribution in [1.82, 2.24) is 5.32 Å². The zero-order chi connectivity index (χ0) is 14.5. The van der Waals surface area contributed by atoms with Crippen LogP contribution in [0.25, 0.3) is 0 Å². The van der Waals surface area contributed by atoms with Crippen LogP contribution in [0.1, 0.15) is 10.4 Å². The van der Waals surface area contributed by atoms with Crippen LogP contribution in [-0.2, 0) is 0 Å². The Labute approximate surface area is 118 Å². The molecule has 0 atom stereocenters. The van der Waals surface area contributed by atoms with E-state index in [0.717, 1.165) is 6.07 Å². The molecule has 0 unspecified atom stereocenters. The van der Waals surface area contributed by atoms with E-state index >= 15 is 0 Å². The molecule has 0 radical (unpaired) electrons. The van der Waals surface area contributed by atoms with Crippen LogP contribution in [0.4, 0.5) is 17.6 Å². The molecule has 0 spiro atoms. The Hall–Kier alpha value is -1.54. The molecule has 1 aromatic rings. The third kappa shape index (κ3) is 6.07. The fourth-order valence-electron chi connectivity index (χ4n) is 1.20. The van der Waals surface area contributed by atoms with Gasteiger partial charge in [-0.05, 0) is 18.2 Å². The molecule has 1 rings (SSSR count). The summed E-state index contributed by atoms with van der Waals surface area (Å²) in [6, 6.07) is 4.83. The number of hydrogen-bond donors (Lipinski definition) is 2. The average molecular weight is 317 g/mol. The van der Waals surface area contributed by atoms with E-state index in [1.54, 1.807) is 0 Å². The zero-order valence-corrected chi connectivity index (χ0v) is 10.9. The van der Waals surface area contributed by atoms with Crippen molar-refractivity contribution in [2.24, 2.45) is 5.73 Å². The predicted octanol–water partition coefficient (Wildman–Crippen LogP) is 2.03. The van der Waals surface area contributed by atoms with Crippen molar-refractivity contribution in [3.63, 3.8) is 0 Å². The van der Waals surface area contributed by atoms with Crippen molar-refractivity contribution in [2.45, 2.75) is 12.5 Å². The number of nitrogens with two attached hydrogens (primary N) is 1. The van der Waals surface area contributed by atoms with Gasteiger partial charge in [-0.25, -0.2) is 8.78 Å². The van der Waals surface area contributed by atoms with Gasteiger partial charge in [0.1, 0.15) is 5.75 Å². The van der Waals surface area contributed by atoms with E-state index in [1.165, 1.54) is 18.2 Å². The van der Waals surface area contributed by atoms with Crippen LogP contribution in [0.3, 0.4) is 0 Å². The average Bonchev–Trinajstić information content (AvgIpc) is 2.35. The molecular weight excluding hydrogens is 304 g/mol. The first-order chi connectivity index (χ1) is 8.84. The summed E-state index contributed by atoms with van der Waals surface area (Å²) in [5.41, 5.74) is 4.74. The summed E-state index contributed by atoms with van der Waals surface area (Å²) in [6.07, 6.45) is 0. The molecule has 0 aliphatic rings. The minimum atomic E-state index is -3.22. The summed E-state index contributed by atoms with van der Waals surface area (Å²) in [4.78, 5) is 11.5. The van der Waals surface area contributed by atoms with Gasteiger partial charge in [-0.1, -0.05) is 6.07 Å². The second-order valence-electron chi connectivity index (χ2n) is 3.65. The number of ether oxygens (including phenoxy) is 1. The van der Waals surface area contributed by atoms with E-state index < -0.39 is 31.5 Å². The summed E-state index contributed by atoms with van der Waals surface area (Å²) < 4.78 is 53.7. The largest absolute Gasteiger partial charge is 0.435 e. The summed E-state index contributed by atoms with van der Waals surface area (Å²) in [6.45, 7) is -4.86. The van der Waals surface area contributed by atoms with Gasteiger partial charge in [-0.15, -0.1) is 12.4 Å². The summed E-state index contributed by atoms with van der Waals surface area (Å²) in [5.74, 6) is -4.27. The Morgan fingerprint density at radius 2 is 2.05 bits per heavy atom. The van der Waals surface area contributed by atoms with Crippen molar-refractivity contribution in [2.75, 3.05) is 13.1 Å². The van der Waals surface area contributed by atoms with Gasteiger partial charge in [0.05, 0.1) is 13.1 Å². The van der Waals surface area contributed by atoms with E-state index in [0.29, 0.717) is 0 Å². The molecule has 0 saturated heterocycles. The molecule has 3 N–H and O–H groups in total. The molecule has 0 aliphatic carbocycles. The van der Waals surface area contributed by atoms with Gasteiger partial charge in [0.15, 0.2) is 0 Å². The topological polar surface area (TPSA) is 64.3 Å². The lowest BCUT2D eigenvalue weighted by molar-refractivity contribution is -0.0498.